The van der Waals surface area contributed by atoms with E-state index in [-0.39, 0.29) is 5.91 Å². The number of carbonyl (C=O) groups excluding carboxylic acids is 1. The van der Waals surface area contributed by atoms with E-state index in [0.29, 0.717) is 19.1 Å². The van der Waals surface area contributed by atoms with E-state index in [1.165, 1.54) is 12.8 Å². The Kier molecular flexibility index (Phi) is 6.11. The number of carbonyl (C=O) groups is 1. The maximum atomic E-state index is 11.5. The van der Waals surface area contributed by atoms with Crippen LogP contribution in [0.15, 0.2) is 12.7 Å². The zero-order chi connectivity index (χ0) is 11.8. The zero-order valence-corrected chi connectivity index (χ0v) is 10.2. The summed E-state index contributed by atoms with van der Waals surface area (Å²) in [6, 6.07) is 0.532. The SMILES string of the molecule is C=CCNC(=O)CN(C)C1CCCNCC1. The lowest BCUT2D eigenvalue weighted by molar-refractivity contribution is -0.122. The van der Waals surface area contributed by atoms with Gasteiger partial charge in [-0.15, -0.1) is 6.58 Å². The third kappa shape index (κ3) is 4.77. The molecule has 0 spiro atoms. The van der Waals surface area contributed by atoms with Crippen LogP contribution in [0.4, 0.5) is 0 Å². The molecule has 4 nitrogen and oxygen atoms in total. The number of hydrogen-bond donors (Lipinski definition) is 2. The fraction of sp³-hybridized carbons (Fsp3) is 0.750. The van der Waals surface area contributed by atoms with E-state index < -0.39 is 0 Å². The molecule has 1 heterocycles. The van der Waals surface area contributed by atoms with Gasteiger partial charge in [0, 0.05) is 12.6 Å². The van der Waals surface area contributed by atoms with Crippen molar-refractivity contribution in [2.24, 2.45) is 0 Å². The molecule has 0 aromatic carbocycles. The van der Waals surface area contributed by atoms with Crippen LogP contribution in [0.2, 0.25) is 0 Å². The standard InChI is InChI=1S/C12H23N3O/c1-3-7-14-12(16)10-15(2)11-5-4-8-13-9-6-11/h3,11,13H,1,4-10H2,2H3,(H,14,16). The largest absolute Gasteiger partial charge is 0.352 e. The Hall–Kier alpha value is -0.870. The number of nitrogens with zero attached hydrogens (tertiary/aromatic N) is 1. The van der Waals surface area contributed by atoms with Gasteiger partial charge in [0.2, 0.25) is 5.91 Å². The summed E-state index contributed by atoms with van der Waals surface area (Å²) in [6.45, 7) is 6.78. The number of hydrogen-bond acceptors (Lipinski definition) is 3. The predicted octanol–water partition coefficient (Wildman–Crippen LogP) is 0.363. The molecule has 1 fully saturated rings. The molecule has 92 valence electrons. The molecule has 16 heavy (non-hydrogen) atoms. The minimum Gasteiger partial charge on any atom is -0.352 e. The summed E-state index contributed by atoms with van der Waals surface area (Å²) in [5.74, 6) is 0.0830. The number of nitrogens with one attached hydrogen (secondary N) is 2. The van der Waals surface area contributed by atoms with Gasteiger partial charge in [0.25, 0.3) is 0 Å². The Morgan fingerprint density at radius 3 is 3.12 bits per heavy atom. The van der Waals surface area contributed by atoms with Gasteiger partial charge >= 0.3 is 0 Å². The fourth-order valence-corrected chi connectivity index (χ4v) is 2.04. The van der Waals surface area contributed by atoms with Crippen molar-refractivity contribution in [3.05, 3.63) is 12.7 Å². The Bertz CT molecular complexity index is 222. The third-order valence-electron chi connectivity index (χ3n) is 3.01. The molecule has 4 heteroatoms. The molecule has 1 unspecified atom stereocenters. The van der Waals surface area contributed by atoms with Gasteiger partial charge in [0.1, 0.15) is 0 Å². The topological polar surface area (TPSA) is 44.4 Å². The van der Waals surface area contributed by atoms with Crippen LogP contribution in [0, 0.1) is 0 Å². The van der Waals surface area contributed by atoms with Gasteiger partial charge in [0.05, 0.1) is 6.54 Å². The first-order valence-electron chi connectivity index (χ1n) is 6.02. The molecule has 0 aromatic rings. The highest BCUT2D eigenvalue weighted by atomic mass is 16.2. The fourth-order valence-electron chi connectivity index (χ4n) is 2.04. The Morgan fingerprint density at radius 2 is 2.38 bits per heavy atom. The van der Waals surface area contributed by atoms with Crippen molar-refractivity contribution >= 4 is 5.91 Å². The van der Waals surface area contributed by atoms with Crippen molar-refractivity contribution in [2.45, 2.75) is 25.3 Å². The summed E-state index contributed by atoms with van der Waals surface area (Å²) in [4.78, 5) is 13.7. The van der Waals surface area contributed by atoms with E-state index in [9.17, 15) is 4.79 Å². The molecule has 1 atom stereocenters. The molecule has 0 bridgehead atoms. The van der Waals surface area contributed by atoms with Crippen molar-refractivity contribution in [1.29, 1.82) is 0 Å². The number of amides is 1. The van der Waals surface area contributed by atoms with Crippen LogP contribution in [0.1, 0.15) is 19.3 Å². The van der Waals surface area contributed by atoms with Crippen molar-refractivity contribution in [3.63, 3.8) is 0 Å². The van der Waals surface area contributed by atoms with E-state index in [1.807, 2.05) is 7.05 Å². The zero-order valence-electron chi connectivity index (χ0n) is 10.2. The average molecular weight is 225 g/mol. The van der Waals surface area contributed by atoms with E-state index in [2.05, 4.69) is 22.1 Å². The molecule has 1 aliphatic rings. The van der Waals surface area contributed by atoms with Gasteiger partial charge in [-0.3, -0.25) is 9.69 Å². The van der Waals surface area contributed by atoms with Gasteiger partial charge in [-0.25, -0.2) is 0 Å². The van der Waals surface area contributed by atoms with E-state index >= 15 is 0 Å². The van der Waals surface area contributed by atoms with Crippen molar-refractivity contribution in [2.75, 3.05) is 33.2 Å². The summed E-state index contributed by atoms with van der Waals surface area (Å²) in [6.07, 6.45) is 5.21. The first kappa shape index (κ1) is 13.2. The number of likely N-dealkylation sites (N-methyl/N-ethyl adjacent to an activating group) is 1. The molecule has 1 rings (SSSR count). The van der Waals surface area contributed by atoms with Crippen LogP contribution in [-0.4, -0.2) is 50.1 Å². The van der Waals surface area contributed by atoms with Crippen LogP contribution >= 0.6 is 0 Å². The second-order valence-electron chi connectivity index (χ2n) is 4.34. The van der Waals surface area contributed by atoms with Crippen LogP contribution in [0.3, 0.4) is 0 Å². The first-order valence-corrected chi connectivity index (χ1v) is 6.02. The quantitative estimate of drug-likeness (QED) is 0.664. The van der Waals surface area contributed by atoms with Crippen molar-refractivity contribution in [1.82, 2.24) is 15.5 Å². The number of rotatable bonds is 5. The summed E-state index contributed by atoms with van der Waals surface area (Å²) in [5.41, 5.74) is 0. The lowest BCUT2D eigenvalue weighted by atomic mass is 10.1. The highest BCUT2D eigenvalue weighted by Crippen LogP contribution is 2.10. The summed E-state index contributed by atoms with van der Waals surface area (Å²) >= 11 is 0. The van der Waals surface area contributed by atoms with Gasteiger partial charge in [-0.05, 0) is 39.4 Å². The van der Waals surface area contributed by atoms with Crippen LogP contribution in [0.25, 0.3) is 0 Å². The molecule has 0 aromatic heterocycles. The Balaban J connectivity index is 2.28. The molecule has 0 saturated carbocycles. The lowest BCUT2D eigenvalue weighted by Crippen LogP contribution is -2.41. The van der Waals surface area contributed by atoms with Crippen LogP contribution in [0.5, 0.6) is 0 Å². The van der Waals surface area contributed by atoms with E-state index in [0.717, 1.165) is 19.5 Å². The van der Waals surface area contributed by atoms with Crippen LogP contribution in [-0.2, 0) is 4.79 Å². The van der Waals surface area contributed by atoms with Crippen molar-refractivity contribution < 1.29 is 4.79 Å². The maximum absolute atomic E-state index is 11.5. The summed E-state index contributed by atoms with van der Waals surface area (Å²) in [5, 5.41) is 6.18. The Morgan fingerprint density at radius 1 is 1.56 bits per heavy atom. The minimum atomic E-state index is 0.0830. The molecular weight excluding hydrogens is 202 g/mol. The average Bonchev–Trinajstić information content (AvgIpc) is 2.54. The predicted molar refractivity (Wildman–Crippen MR) is 66.3 cm³/mol. The molecule has 1 amide bonds. The molecule has 1 aliphatic heterocycles. The highest BCUT2D eigenvalue weighted by Gasteiger charge is 2.18. The van der Waals surface area contributed by atoms with E-state index in [4.69, 9.17) is 0 Å². The van der Waals surface area contributed by atoms with Gasteiger partial charge < -0.3 is 10.6 Å². The first-order chi connectivity index (χ1) is 7.74. The monoisotopic (exact) mass is 225 g/mol. The smallest absolute Gasteiger partial charge is 0.234 e. The Labute approximate surface area is 98.1 Å². The van der Waals surface area contributed by atoms with Gasteiger partial charge in [0.15, 0.2) is 0 Å². The van der Waals surface area contributed by atoms with Crippen LogP contribution < -0.4 is 10.6 Å². The summed E-state index contributed by atoms with van der Waals surface area (Å²) < 4.78 is 0. The van der Waals surface area contributed by atoms with Gasteiger partial charge in [-0.2, -0.15) is 0 Å². The maximum Gasteiger partial charge on any atom is 0.234 e. The summed E-state index contributed by atoms with van der Waals surface area (Å²) in [7, 11) is 2.03. The third-order valence-corrected chi connectivity index (χ3v) is 3.01. The minimum absolute atomic E-state index is 0.0830. The molecular formula is C12H23N3O. The van der Waals surface area contributed by atoms with Crippen molar-refractivity contribution in [3.8, 4) is 0 Å². The normalized spacial score (nSPS) is 21.5. The lowest BCUT2D eigenvalue weighted by Gasteiger charge is -2.26. The highest BCUT2D eigenvalue weighted by molar-refractivity contribution is 5.78. The molecule has 1 saturated heterocycles. The van der Waals surface area contributed by atoms with Gasteiger partial charge in [-0.1, -0.05) is 6.08 Å². The molecule has 0 radical (unpaired) electrons. The molecule has 0 aliphatic carbocycles. The second kappa shape index (κ2) is 7.41. The second-order valence-corrected chi connectivity index (χ2v) is 4.34. The van der Waals surface area contributed by atoms with E-state index in [1.54, 1.807) is 6.08 Å². The molecule has 2 N–H and O–H groups in total.